The molecule has 32 heavy (non-hydrogen) atoms. The van der Waals surface area contributed by atoms with Crippen LogP contribution in [0.2, 0.25) is 10.0 Å². The Kier molecular flexibility index (Phi) is 7.04. The Balaban J connectivity index is 1.77. The Morgan fingerprint density at radius 3 is 2.66 bits per heavy atom. The van der Waals surface area contributed by atoms with E-state index < -0.39 is 6.04 Å². The Hall–Kier alpha value is -2.14. The number of aliphatic hydroxyl groups excluding tert-OH is 1. The lowest BCUT2D eigenvalue weighted by molar-refractivity contribution is -0.113. The number of amides is 1. The number of aryl methyl sites for hydroxylation is 1. The number of anilines is 2. The second-order valence-corrected chi connectivity index (χ2v) is 9.38. The van der Waals surface area contributed by atoms with Crippen molar-refractivity contribution in [1.82, 2.24) is 14.8 Å². The maximum Gasteiger partial charge on any atom is 0.255 e. The standard InChI is InChI=1S/C22H20Cl2IN5O2/c1-12-19(21(32)27-15-7-5-14(25)6-8-15)20(13-4-9-16(23)17(24)11-13)30-22(26-12)28-18(29-30)3-2-10-31/h4-9,11,20,31H,2-3,10H2,1H3,(H,27,32)(H,26,28,29). The quantitative estimate of drug-likeness (QED) is 0.354. The summed E-state index contributed by atoms with van der Waals surface area (Å²) < 4.78 is 2.76. The molecule has 0 saturated carbocycles. The van der Waals surface area contributed by atoms with Gasteiger partial charge in [-0.15, -0.1) is 0 Å². The van der Waals surface area contributed by atoms with Crippen LogP contribution in [0.25, 0.3) is 0 Å². The molecule has 2 heterocycles. The third-order valence-corrected chi connectivity index (χ3v) is 6.52. The largest absolute Gasteiger partial charge is 0.396 e. The molecule has 1 amide bonds. The summed E-state index contributed by atoms with van der Waals surface area (Å²) in [4.78, 5) is 18.0. The van der Waals surface area contributed by atoms with Gasteiger partial charge in [-0.2, -0.15) is 10.1 Å². The van der Waals surface area contributed by atoms with E-state index in [0.717, 1.165) is 9.13 Å². The second-order valence-electron chi connectivity index (χ2n) is 7.32. The summed E-state index contributed by atoms with van der Waals surface area (Å²) in [6, 6.07) is 12.3. The number of rotatable bonds is 6. The first-order valence-electron chi connectivity index (χ1n) is 9.93. The van der Waals surface area contributed by atoms with E-state index >= 15 is 0 Å². The highest BCUT2D eigenvalue weighted by atomic mass is 127. The highest BCUT2D eigenvalue weighted by Crippen LogP contribution is 2.37. The zero-order chi connectivity index (χ0) is 22.8. The van der Waals surface area contributed by atoms with E-state index in [1.165, 1.54) is 0 Å². The van der Waals surface area contributed by atoms with Crippen molar-refractivity contribution in [1.29, 1.82) is 0 Å². The summed E-state index contributed by atoms with van der Waals surface area (Å²) in [5, 5.41) is 20.8. The van der Waals surface area contributed by atoms with Crippen molar-refractivity contribution in [3.05, 3.63) is 78.7 Å². The van der Waals surface area contributed by atoms with E-state index in [-0.39, 0.29) is 12.5 Å². The molecule has 0 spiro atoms. The molecule has 166 valence electrons. The first kappa shape index (κ1) is 23.0. The topological polar surface area (TPSA) is 92.1 Å². The van der Waals surface area contributed by atoms with Crippen LogP contribution in [0.5, 0.6) is 0 Å². The van der Waals surface area contributed by atoms with Gasteiger partial charge in [0.25, 0.3) is 5.91 Å². The number of benzene rings is 2. The van der Waals surface area contributed by atoms with Gasteiger partial charge in [0.15, 0.2) is 5.82 Å². The Bertz CT molecular complexity index is 1190. The number of nitrogens with one attached hydrogen (secondary N) is 2. The van der Waals surface area contributed by atoms with Gasteiger partial charge in [-0.05, 0) is 77.9 Å². The molecule has 10 heteroatoms. The highest BCUT2D eigenvalue weighted by Gasteiger charge is 2.34. The van der Waals surface area contributed by atoms with Gasteiger partial charge in [0.05, 0.1) is 15.6 Å². The SMILES string of the molecule is CC1=C(C(=O)Nc2ccc(I)cc2)C(c2ccc(Cl)c(Cl)c2)n2nc(CCCO)nc2N1. The summed E-state index contributed by atoms with van der Waals surface area (Å²) in [5.41, 5.74) is 2.61. The molecule has 0 fully saturated rings. The first-order valence-corrected chi connectivity index (χ1v) is 11.8. The summed E-state index contributed by atoms with van der Waals surface area (Å²) in [6.07, 6.45) is 1.07. The Morgan fingerprint density at radius 2 is 1.97 bits per heavy atom. The van der Waals surface area contributed by atoms with E-state index in [1.54, 1.807) is 16.8 Å². The molecule has 1 aromatic heterocycles. The fourth-order valence-electron chi connectivity index (χ4n) is 3.55. The minimum Gasteiger partial charge on any atom is -0.396 e. The zero-order valence-electron chi connectivity index (χ0n) is 17.1. The van der Waals surface area contributed by atoms with Crippen LogP contribution in [0.15, 0.2) is 53.7 Å². The number of carbonyl (C=O) groups excluding carboxylic acids is 1. The van der Waals surface area contributed by atoms with Crippen molar-refractivity contribution in [2.75, 3.05) is 17.2 Å². The number of allylic oxidation sites excluding steroid dienone is 1. The number of halogens is 3. The molecule has 1 aliphatic heterocycles. The number of hydrogen-bond donors (Lipinski definition) is 3. The Labute approximate surface area is 209 Å². The molecule has 4 rings (SSSR count). The maximum atomic E-state index is 13.4. The number of aromatic nitrogens is 3. The Morgan fingerprint density at radius 1 is 1.22 bits per heavy atom. The summed E-state index contributed by atoms with van der Waals surface area (Å²) in [7, 11) is 0. The van der Waals surface area contributed by atoms with Crippen LogP contribution in [-0.4, -0.2) is 32.4 Å². The summed E-state index contributed by atoms with van der Waals surface area (Å²) >= 11 is 14.7. The van der Waals surface area contributed by atoms with Crippen LogP contribution >= 0.6 is 45.8 Å². The summed E-state index contributed by atoms with van der Waals surface area (Å²) in [6.45, 7) is 1.88. The lowest BCUT2D eigenvalue weighted by atomic mass is 9.95. The van der Waals surface area contributed by atoms with E-state index in [9.17, 15) is 4.79 Å². The van der Waals surface area contributed by atoms with Gasteiger partial charge >= 0.3 is 0 Å². The van der Waals surface area contributed by atoms with Crippen LogP contribution in [0.3, 0.4) is 0 Å². The molecule has 2 aromatic carbocycles. The average molecular weight is 584 g/mol. The fourth-order valence-corrected chi connectivity index (χ4v) is 4.22. The minimum atomic E-state index is -0.555. The predicted octanol–water partition coefficient (Wildman–Crippen LogP) is 5.04. The monoisotopic (exact) mass is 583 g/mol. The molecule has 7 nitrogen and oxygen atoms in total. The van der Waals surface area contributed by atoms with Gasteiger partial charge in [-0.1, -0.05) is 29.3 Å². The average Bonchev–Trinajstić information content (AvgIpc) is 3.17. The molecule has 0 saturated heterocycles. The number of fused-ring (bicyclic) bond motifs is 1. The lowest BCUT2D eigenvalue weighted by Gasteiger charge is -2.29. The van der Waals surface area contributed by atoms with Gasteiger partial charge in [0.1, 0.15) is 6.04 Å². The number of hydrogen-bond acceptors (Lipinski definition) is 5. The van der Waals surface area contributed by atoms with Crippen molar-refractivity contribution in [3.8, 4) is 0 Å². The van der Waals surface area contributed by atoms with Crippen LogP contribution in [0.1, 0.15) is 30.8 Å². The van der Waals surface area contributed by atoms with Gasteiger partial charge in [-0.25, -0.2) is 4.68 Å². The number of nitrogens with zero attached hydrogens (tertiary/aromatic N) is 3. The van der Waals surface area contributed by atoms with Crippen molar-refractivity contribution in [2.24, 2.45) is 0 Å². The molecule has 0 radical (unpaired) electrons. The lowest BCUT2D eigenvalue weighted by Crippen LogP contribution is -2.31. The first-order chi connectivity index (χ1) is 15.4. The van der Waals surface area contributed by atoms with Crippen molar-refractivity contribution in [3.63, 3.8) is 0 Å². The van der Waals surface area contributed by atoms with E-state index in [1.807, 2.05) is 37.3 Å². The fraction of sp³-hybridized carbons (Fsp3) is 0.227. The van der Waals surface area contributed by atoms with Crippen LogP contribution in [0, 0.1) is 3.57 Å². The van der Waals surface area contributed by atoms with Gasteiger partial charge < -0.3 is 15.7 Å². The molecule has 0 aliphatic carbocycles. The molecule has 1 unspecified atom stereocenters. The van der Waals surface area contributed by atoms with Gasteiger partial charge in [0, 0.05) is 28.0 Å². The summed E-state index contributed by atoms with van der Waals surface area (Å²) in [5.74, 6) is 0.848. The maximum absolute atomic E-state index is 13.4. The molecular formula is C22H20Cl2IN5O2. The third kappa shape index (κ3) is 4.78. The van der Waals surface area contributed by atoms with E-state index in [0.29, 0.717) is 51.6 Å². The predicted molar refractivity (Wildman–Crippen MR) is 134 cm³/mol. The van der Waals surface area contributed by atoms with Gasteiger partial charge in [-0.3, -0.25) is 4.79 Å². The van der Waals surface area contributed by atoms with Crippen LogP contribution < -0.4 is 10.6 Å². The number of carbonyl (C=O) groups is 1. The van der Waals surface area contributed by atoms with Gasteiger partial charge in [0.2, 0.25) is 5.95 Å². The second kappa shape index (κ2) is 9.78. The minimum absolute atomic E-state index is 0.0501. The smallest absolute Gasteiger partial charge is 0.255 e. The third-order valence-electron chi connectivity index (χ3n) is 5.06. The molecule has 1 aliphatic rings. The van der Waals surface area contributed by atoms with Crippen molar-refractivity contribution >= 4 is 63.3 Å². The molecule has 0 bridgehead atoms. The molecular weight excluding hydrogens is 564 g/mol. The van der Waals surface area contributed by atoms with Crippen LogP contribution in [0.4, 0.5) is 11.6 Å². The van der Waals surface area contributed by atoms with E-state index in [4.69, 9.17) is 28.3 Å². The van der Waals surface area contributed by atoms with Crippen molar-refractivity contribution < 1.29 is 9.90 Å². The molecule has 3 aromatic rings. The normalized spacial score (nSPS) is 15.3. The van der Waals surface area contributed by atoms with Crippen molar-refractivity contribution in [2.45, 2.75) is 25.8 Å². The molecule has 1 atom stereocenters. The highest BCUT2D eigenvalue weighted by molar-refractivity contribution is 14.1. The van der Waals surface area contributed by atoms with E-state index in [2.05, 4.69) is 43.3 Å². The number of aliphatic hydroxyl groups is 1. The zero-order valence-corrected chi connectivity index (χ0v) is 20.7. The molecule has 3 N–H and O–H groups in total. The van der Waals surface area contributed by atoms with Crippen LogP contribution in [-0.2, 0) is 11.2 Å².